The largest absolute Gasteiger partial charge is 0.459 e. The zero-order chi connectivity index (χ0) is 30.0. The molecule has 0 spiro atoms. The molecule has 4 nitrogen and oxygen atoms in total. The molecule has 214 valence electrons. The van der Waals surface area contributed by atoms with Crippen molar-refractivity contribution in [2.75, 3.05) is 18.1 Å². The molecule has 0 atom stereocenters. The minimum absolute atomic E-state index is 0.00569. The van der Waals surface area contributed by atoms with E-state index in [1.807, 2.05) is 0 Å². The summed E-state index contributed by atoms with van der Waals surface area (Å²) in [5.74, 6) is -7.52. The predicted molar refractivity (Wildman–Crippen MR) is 121 cm³/mol. The molecule has 2 rings (SSSR count). The molecule has 0 saturated carbocycles. The van der Waals surface area contributed by atoms with E-state index < -0.39 is 58.5 Å². The van der Waals surface area contributed by atoms with Gasteiger partial charge in [-0.25, -0.2) is 0 Å². The van der Waals surface area contributed by atoms with Gasteiger partial charge in [-0.15, -0.1) is 0 Å². The molecule has 0 bridgehead atoms. The number of nitrogens with two attached hydrogens (primary N) is 1. The van der Waals surface area contributed by atoms with E-state index in [9.17, 15) is 53.1 Å². The molecule has 0 saturated heterocycles. The summed E-state index contributed by atoms with van der Waals surface area (Å²) in [5.41, 5.74) is -1.03. The van der Waals surface area contributed by atoms with Gasteiger partial charge in [0.25, 0.3) is 5.91 Å². The van der Waals surface area contributed by atoms with Crippen molar-refractivity contribution in [2.45, 2.75) is 44.2 Å². The molecule has 0 aliphatic rings. The number of allylic oxidation sites excluding steroid dienone is 1. The number of nitrogens with zero attached hydrogens (tertiary/aromatic N) is 1. The third kappa shape index (κ3) is 7.69. The lowest BCUT2D eigenvalue weighted by Gasteiger charge is -2.23. The Morgan fingerprint density at radius 3 is 1.87 bits per heavy atom. The third-order valence-corrected chi connectivity index (χ3v) is 5.34. The molecule has 0 aromatic heterocycles. The summed E-state index contributed by atoms with van der Waals surface area (Å²) in [6.45, 7) is 1.64. The Labute approximate surface area is 214 Å². The lowest BCUT2D eigenvalue weighted by Crippen LogP contribution is -2.46. The summed E-state index contributed by atoms with van der Waals surface area (Å²) < 4.78 is 147. The van der Waals surface area contributed by atoms with Crippen LogP contribution in [-0.2, 0) is 23.6 Å². The van der Waals surface area contributed by atoms with Crippen LogP contribution in [0.5, 0.6) is 0 Å². The second kappa shape index (κ2) is 11.2. The van der Waals surface area contributed by atoms with Gasteiger partial charge in [0.15, 0.2) is 0 Å². The smallest absolute Gasteiger partial charge is 0.399 e. The minimum Gasteiger partial charge on any atom is -0.399 e. The van der Waals surface area contributed by atoms with Crippen molar-refractivity contribution in [3.63, 3.8) is 0 Å². The predicted octanol–water partition coefficient (Wildman–Crippen LogP) is 7.38. The number of benzene rings is 2. The zero-order valence-electron chi connectivity index (χ0n) is 20.0. The number of aryl methyl sites for hydroxylation is 2. The van der Waals surface area contributed by atoms with Crippen molar-refractivity contribution in [1.29, 1.82) is 0 Å². The van der Waals surface area contributed by atoms with E-state index in [0.717, 1.165) is 0 Å². The average Bonchev–Trinajstić information content (AvgIpc) is 2.78. The Kier molecular flexibility index (Phi) is 9.08. The topological polar surface area (TPSA) is 67.5 Å². The van der Waals surface area contributed by atoms with E-state index in [-0.39, 0.29) is 31.0 Å². The number of carbonyl (C=O) groups is 1. The van der Waals surface area contributed by atoms with Gasteiger partial charge in [0.05, 0.1) is 16.7 Å². The third-order valence-electron chi connectivity index (χ3n) is 5.34. The number of halogens is 11. The molecule has 2 aromatic rings. The minimum atomic E-state index is -6.23. The normalized spacial score (nSPS) is 14.0. The van der Waals surface area contributed by atoms with E-state index in [1.54, 1.807) is 18.3 Å². The van der Waals surface area contributed by atoms with Gasteiger partial charge in [0, 0.05) is 18.4 Å². The molecule has 0 radical (unpaired) electrons. The number of anilines is 2. The first-order chi connectivity index (χ1) is 17.7. The first-order valence-corrected chi connectivity index (χ1v) is 10.8. The van der Waals surface area contributed by atoms with Crippen LogP contribution in [0.1, 0.15) is 28.7 Å². The number of aliphatic imine (C=N–C) groups is 1. The highest BCUT2D eigenvalue weighted by atomic mass is 19.4. The van der Waals surface area contributed by atoms with Crippen molar-refractivity contribution in [2.24, 2.45) is 4.99 Å². The Balaban J connectivity index is 2.56. The highest BCUT2D eigenvalue weighted by molar-refractivity contribution is 6.27. The first-order valence-electron chi connectivity index (χ1n) is 10.8. The van der Waals surface area contributed by atoms with Crippen LogP contribution >= 0.6 is 0 Å². The van der Waals surface area contributed by atoms with Crippen molar-refractivity contribution in [3.05, 3.63) is 70.3 Å². The van der Waals surface area contributed by atoms with Gasteiger partial charge >= 0.3 is 24.5 Å². The number of nitrogens with one attached hydrogen (secondary N) is 1. The van der Waals surface area contributed by atoms with Crippen LogP contribution in [0.4, 0.5) is 59.7 Å². The number of hydrogen-bond acceptors (Lipinski definition) is 3. The van der Waals surface area contributed by atoms with Crippen LogP contribution in [0, 0.1) is 6.92 Å². The molecule has 0 unspecified atom stereocenters. The molecule has 0 fully saturated rings. The molecule has 0 aliphatic carbocycles. The average molecular weight is 575 g/mol. The van der Waals surface area contributed by atoms with Gasteiger partial charge in [-0.2, -0.15) is 48.3 Å². The first kappa shape index (κ1) is 31.6. The number of nitrogen functional groups attached to an aromatic ring is 1. The Morgan fingerprint density at radius 1 is 0.897 bits per heavy atom. The van der Waals surface area contributed by atoms with E-state index in [0.29, 0.717) is 29.9 Å². The van der Waals surface area contributed by atoms with E-state index in [2.05, 4.69) is 4.99 Å². The van der Waals surface area contributed by atoms with Gasteiger partial charge in [-0.05, 0) is 55.2 Å². The highest BCUT2D eigenvalue weighted by Gasteiger charge is 2.62. The molecule has 3 N–H and O–H groups in total. The molecule has 15 heteroatoms. The molecular weight excluding hydrogens is 555 g/mol. The summed E-state index contributed by atoms with van der Waals surface area (Å²) in [4.78, 5) is 15.7. The van der Waals surface area contributed by atoms with Crippen molar-refractivity contribution in [3.8, 4) is 0 Å². The molecule has 0 heterocycles. The van der Waals surface area contributed by atoms with E-state index in [1.165, 1.54) is 12.1 Å². The maximum Gasteiger partial charge on any atom is 0.459 e. The summed E-state index contributed by atoms with van der Waals surface area (Å²) in [6.07, 6.45) is -16.5. The van der Waals surface area contributed by atoms with Crippen molar-refractivity contribution >= 4 is 23.0 Å². The Bertz CT molecular complexity index is 1240. The van der Waals surface area contributed by atoms with Crippen molar-refractivity contribution in [1.82, 2.24) is 0 Å². The van der Waals surface area contributed by atoms with Crippen LogP contribution < -0.4 is 11.1 Å². The monoisotopic (exact) mass is 575 g/mol. The molecule has 2 aromatic carbocycles. The second-order valence-corrected chi connectivity index (χ2v) is 8.24. The molecule has 39 heavy (non-hydrogen) atoms. The maximum atomic E-state index is 14.2. The van der Waals surface area contributed by atoms with Crippen LogP contribution in [0.15, 0.2) is 53.0 Å². The lowest BCUT2D eigenvalue weighted by atomic mass is 9.99. The van der Waals surface area contributed by atoms with Gasteiger partial charge in [-0.1, -0.05) is 18.2 Å². The Morgan fingerprint density at radius 2 is 1.44 bits per heavy atom. The van der Waals surface area contributed by atoms with Crippen LogP contribution in [0.25, 0.3) is 0 Å². The number of alkyl halides is 11. The zero-order valence-corrected chi connectivity index (χ0v) is 20.0. The fraction of sp³-hybridized carbons (Fsp3) is 0.333. The van der Waals surface area contributed by atoms with Gasteiger partial charge in [-0.3, -0.25) is 9.79 Å². The summed E-state index contributed by atoms with van der Waals surface area (Å²) >= 11 is 0. The fourth-order valence-corrected chi connectivity index (χ4v) is 3.36. The van der Waals surface area contributed by atoms with Gasteiger partial charge in [0.1, 0.15) is 5.71 Å². The summed E-state index contributed by atoms with van der Waals surface area (Å²) in [5, 5.41) is 1.57. The summed E-state index contributed by atoms with van der Waals surface area (Å²) in [6, 6.07) is 4.52. The standard InChI is InChI=1S/C24H20F11N3O/c1-12-8-13(6-7-18(12)36)4-3-5-17(19(37-2)21(25,26)24(33,34)35)20(39)38-16-10-14(22(27,28)29)9-15(11-16)23(30,31)32/h5-11H,3-4,36H2,1-2H3,(H,38,39)/b17-5+,37-19+. The number of carbonyl (C=O) groups excluding carboxylic acids is 1. The maximum absolute atomic E-state index is 14.2. The quantitative estimate of drug-likeness (QED) is 0.157. The van der Waals surface area contributed by atoms with E-state index in [4.69, 9.17) is 5.73 Å². The Hall–Kier alpha value is -3.65. The number of hydrogen-bond donors (Lipinski definition) is 2. The van der Waals surface area contributed by atoms with Crippen LogP contribution in [0.3, 0.4) is 0 Å². The van der Waals surface area contributed by atoms with Gasteiger partial charge < -0.3 is 11.1 Å². The number of amides is 1. The highest BCUT2D eigenvalue weighted by Crippen LogP contribution is 2.40. The van der Waals surface area contributed by atoms with Gasteiger partial charge in [0.2, 0.25) is 0 Å². The lowest BCUT2D eigenvalue weighted by molar-refractivity contribution is -0.249. The SMILES string of the molecule is C/N=C(\C(=C/CCc1ccc(N)c(C)c1)C(=O)Nc1cc(C(F)(F)F)cc(C(F)(F)F)c1)C(F)(F)C(F)(F)F. The number of rotatable bonds is 7. The molecule has 1 amide bonds. The summed E-state index contributed by atoms with van der Waals surface area (Å²) in [7, 11) is 0.519. The van der Waals surface area contributed by atoms with Crippen molar-refractivity contribution < 1.29 is 53.1 Å². The van der Waals surface area contributed by atoms with Crippen LogP contribution in [-0.4, -0.2) is 30.8 Å². The fourth-order valence-electron chi connectivity index (χ4n) is 3.36. The molecular formula is C24H20F11N3O. The molecule has 0 aliphatic heterocycles. The van der Waals surface area contributed by atoms with E-state index >= 15 is 0 Å². The van der Waals surface area contributed by atoms with Crippen LogP contribution in [0.2, 0.25) is 0 Å². The second-order valence-electron chi connectivity index (χ2n) is 8.24.